The van der Waals surface area contributed by atoms with Crippen LogP contribution in [0.3, 0.4) is 0 Å². The summed E-state index contributed by atoms with van der Waals surface area (Å²) in [4.78, 5) is 26.2. The first-order chi connectivity index (χ1) is 11.6. The molecule has 1 aromatic heterocycles. The van der Waals surface area contributed by atoms with Gasteiger partial charge in [0, 0.05) is 30.7 Å². The maximum Gasteiger partial charge on any atom is 0.420 e. The summed E-state index contributed by atoms with van der Waals surface area (Å²) < 4.78 is 11.7. The van der Waals surface area contributed by atoms with Crippen LogP contribution in [0.2, 0.25) is 5.02 Å². The van der Waals surface area contributed by atoms with Crippen LogP contribution in [0.1, 0.15) is 6.42 Å². The predicted molar refractivity (Wildman–Crippen MR) is 90.4 cm³/mol. The summed E-state index contributed by atoms with van der Waals surface area (Å²) >= 11 is 5.87. The van der Waals surface area contributed by atoms with Crippen molar-refractivity contribution >= 4 is 28.6 Å². The third-order valence-corrected chi connectivity index (χ3v) is 4.24. The third kappa shape index (κ3) is 4.17. The second kappa shape index (κ2) is 7.83. The first-order valence-electron chi connectivity index (χ1n) is 7.99. The number of carbonyl (C=O) groups is 1. The summed E-state index contributed by atoms with van der Waals surface area (Å²) in [5.74, 6) is -0.771. The third-order valence-electron chi connectivity index (χ3n) is 4.01. The molecule has 1 aromatic carbocycles. The summed E-state index contributed by atoms with van der Waals surface area (Å²) in [5.41, 5.74) is 0.945. The number of hydrogen-bond acceptors (Lipinski definition) is 5. The number of oxazole rings is 1. The molecule has 1 amide bonds. The Bertz CT molecular complexity index is 764. The molecule has 2 aromatic rings. The van der Waals surface area contributed by atoms with E-state index in [2.05, 4.69) is 10.2 Å². The molecule has 1 fully saturated rings. The Morgan fingerprint density at radius 3 is 2.88 bits per heavy atom. The van der Waals surface area contributed by atoms with Crippen LogP contribution in [-0.4, -0.2) is 54.8 Å². The minimum absolute atomic E-state index is 0.0645. The largest absolute Gasteiger partial charge is 0.420 e. The average molecular weight is 354 g/mol. The minimum atomic E-state index is -0.560. The van der Waals surface area contributed by atoms with Crippen molar-refractivity contribution in [1.82, 2.24) is 14.8 Å². The SMILES string of the molecule is O=C(Cn1c(=O)oc2cc(Cl)ccc21)NCCCN1CCOCC1. The van der Waals surface area contributed by atoms with Gasteiger partial charge in [0.15, 0.2) is 5.58 Å². The molecule has 0 spiro atoms. The molecule has 0 saturated carbocycles. The van der Waals surface area contributed by atoms with Crippen LogP contribution >= 0.6 is 11.6 Å². The highest BCUT2D eigenvalue weighted by Crippen LogP contribution is 2.18. The van der Waals surface area contributed by atoms with E-state index in [1.165, 1.54) is 4.57 Å². The van der Waals surface area contributed by atoms with Crippen LogP contribution in [0.5, 0.6) is 0 Å². The fraction of sp³-hybridized carbons (Fsp3) is 0.500. The van der Waals surface area contributed by atoms with Gasteiger partial charge in [-0.05, 0) is 25.1 Å². The van der Waals surface area contributed by atoms with E-state index in [0.717, 1.165) is 39.3 Å². The number of ether oxygens (including phenoxy) is 1. The molecule has 24 heavy (non-hydrogen) atoms. The Labute approximate surface area is 144 Å². The van der Waals surface area contributed by atoms with Crippen molar-refractivity contribution in [2.24, 2.45) is 0 Å². The minimum Gasteiger partial charge on any atom is -0.408 e. The maximum atomic E-state index is 12.1. The molecule has 0 atom stereocenters. The zero-order chi connectivity index (χ0) is 16.9. The lowest BCUT2D eigenvalue weighted by molar-refractivity contribution is -0.121. The summed E-state index contributed by atoms with van der Waals surface area (Å²) in [6, 6.07) is 4.90. The highest BCUT2D eigenvalue weighted by Gasteiger charge is 2.13. The number of fused-ring (bicyclic) bond motifs is 1. The fourth-order valence-corrected chi connectivity index (χ4v) is 2.91. The van der Waals surface area contributed by atoms with Crippen molar-refractivity contribution in [3.05, 3.63) is 33.8 Å². The molecule has 0 aliphatic carbocycles. The number of rotatable bonds is 6. The molecule has 0 unspecified atom stereocenters. The van der Waals surface area contributed by atoms with E-state index in [-0.39, 0.29) is 12.5 Å². The first-order valence-corrected chi connectivity index (χ1v) is 8.37. The van der Waals surface area contributed by atoms with Crippen LogP contribution in [0.25, 0.3) is 11.1 Å². The molecule has 8 heteroatoms. The Balaban J connectivity index is 1.50. The number of morpholine rings is 1. The van der Waals surface area contributed by atoms with Gasteiger partial charge >= 0.3 is 5.76 Å². The molecule has 0 radical (unpaired) electrons. The van der Waals surface area contributed by atoms with Crippen molar-refractivity contribution in [2.45, 2.75) is 13.0 Å². The smallest absolute Gasteiger partial charge is 0.408 e. The van der Waals surface area contributed by atoms with Crippen LogP contribution in [-0.2, 0) is 16.1 Å². The fourth-order valence-electron chi connectivity index (χ4n) is 2.74. The highest BCUT2D eigenvalue weighted by atomic mass is 35.5. The van der Waals surface area contributed by atoms with Crippen LogP contribution in [0, 0.1) is 0 Å². The molecule has 1 saturated heterocycles. The van der Waals surface area contributed by atoms with Gasteiger partial charge in [0.2, 0.25) is 5.91 Å². The topological polar surface area (TPSA) is 76.7 Å². The van der Waals surface area contributed by atoms with Gasteiger partial charge in [0.1, 0.15) is 6.54 Å². The molecule has 1 aliphatic rings. The molecular formula is C16H20ClN3O4. The number of amides is 1. The van der Waals surface area contributed by atoms with Crippen LogP contribution < -0.4 is 11.1 Å². The van der Waals surface area contributed by atoms with Gasteiger partial charge in [-0.25, -0.2) is 4.79 Å². The number of hydrogen-bond donors (Lipinski definition) is 1. The Kier molecular flexibility index (Phi) is 5.55. The lowest BCUT2D eigenvalue weighted by Crippen LogP contribution is -2.38. The van der Waals surface area contributed by atoms with Crippen molar-refractivity contribution in [3.8, 4) is 0 Å². The van der Waals surface area contributed by atoms with Crippen LogP contribution in [0.15, 0.2) is 27.4 Å². The van der Waals surface area contributed by atoms with Gasteiger partial charge in [0.05, 0.1) is 18.7 Å². The standard InChI is InChI=1S/C16H20ClN3O4/c17-12-2-3-13-14(10-12)24-16(22)20(13)11-15(21)18-4-1-5-19-6-8-23-9-7-19/h2-3,10H,1,4-9,11H2,(H,18,21). The van der Waals surface area contributed by atoms with E-state index in [4.69, 9.17) is 20.8 Å². The maximum absolute atomic E-state index is 12.1. The Morgan fingerprint density at radius 1 is 1.29 bits per heavy atom. The molecule has 1 aliphatic heterocycles. The Morgan fingerprint density at radius 2 is 2.08 bits per heavy atom. The molecule has 0 bridgehead atoms. The second-order valence-electron chi connectivity index (χ2n) is 5.72. The van der Waals surface area contributed by atoms with E-state index in [1.807, 2.05) is 0 Å². The van der Waals surface area contributed by atoms with E-state index in [0.29, 0.717) is 22.7 Å². The second-order valence-corrected chi connectivity index (χ2v) is 6.16. The van der Waals surface area contributed by atoms with E-state index >= 15 is 0 Å². The van der Waals surface area contributed by atoms with Crippen molar-refractivity contribution in [2.75, 3.05) is 39.4 Å². The summed E-state index contributed by atoms with van der Waals surface area (Å²) in [7, 11) is 0. The quantitative estimate of drug-likeness (QED) is 0.787. The van der Waals surface area contributed by atoms with Crippen molar-refractivity contribution in [1.29, 1.82) is 0 Å². The molecule has 130 valence electrons. The molecule has 2 heterocycles. The number of benzene rings is 1. The number of aromatic nitrogens is 1. The number of carbonyl (C=O) groups excluding carboxylic acids is 1. The average Bonchev–Trinajstić information content (AvgIpc) is 2.87. The Hall–Kier alpha value is -1.83. The van der Waals surface area contributed by atoms with Gasteiger partial charge in [0.25, 0.3) is 0 Å². The zero-order valence-corrected chi connectivity index (χ0v) is 14.1. The molecule has 1 N–H and O–H groups in total. The van der Waals surface area contributed by atoms with Gasteiger partial charge in [-0.15, -0.1) is 0 Å². The number of halogens is 1. The molecule has 3 rings (SSSR count). The highest BCUT2D eigenvalue weighted by molar-refractivity contribution is 6.31. The van der Waals surface area contributed by atoms with Crippen molar-refractivity contribution in [3.63, 3.8) is 0 Å². The van der Waals surface area contributed by atoms with Crippen LogP contribution in [0.4, 0.5) is 0 Å². The molecular weight excluding hydrogens is 334 g/mol. The van der Waals surface area contributed by atoms with Gasteiger partial charge in [-0.1, -0.05) is 11.6 Å². The number of nitrogens with zero attached hydrogens (tertiary/aromatic N) is 2. The first kappa shape index (κ1) is 17.0. The zero-order valence-electron chi connectivity index (χ0n) is 13.3. The number of nitrogens with one attached hydrogen (secondary N) is 1. The van der Waals surface area contributed by atoms with Gasteiger partial charge in [-0.3, -0.25) is 14.3 Å². The lowest BCUT2D eigenvalue weighted by atomic mass is 10.3. The van der Waals surface area contributed by atoms with Gasteiger partial charge < -0.3 is 14.5 Å². The summed E-state index contributed by atoms with van der Waals surface area (Å²) in [6.07, 6.45) is 0.863. The summed E-state index contributed by atoms with van der Waals surface area (Å²) in [5, 5.41) is 3.32. The predicted octanol–water partition coefficient (Wildman–Crippen LogP) is 1.09. The monoisotopic (exact) mass is 353 g/mol. The lowest BCUT2D eigenvalue weighted by Gasteiger charge is -2.26. The summed E-state index contributed by atoms with van der Waals surface area (Å²) in [6.45, 7) is 4.85. The van der Waals surface area contributed by atoms with E-state index < -0.39 is 5.76 Å². The van der Waals surface area contributed by atoms with E-state index in [1.54, 1.807) is 18.2 Å². The van der Waals surface area contributed by atoms with Crippen molar-refractivity contribution < 1.29 is 13.9 Å². The van der Waals surface area contributed by atoms with Gasteiger partial charge in [-0.2, -0.15) is 0 Å². The van der Waals surface area contributed by atoms with E-state index in [9.17, 15) is 9.59 Å². The normalized spacial score (nSPS) is 15.7. The molecule has 7 nitrogen and oxygen atoms in total.